The second kappa shape index (κ2) is 3.48. The topological polar surface area (TPSA) is 0 Å². The molecule has 74 valence electrons. The molecule has 0 heterocycles. The van der Waals surface area contributed by atoms with E-state index < -0.39 is 0 Å². The molecule has 2 bridgehead atoms. The number of hydrogen-bond donors (Lipinski definition) is 0. The highest BCUT2D eigenvalue weighted by molar-refractivity contribution is 5.04. The summed E-state index contributed by atoms with van der Waals surface area (Å²) >= 11 is 0. The summed E-state index contributed by atoms with van der Waals surface area (Å²) in [6, 6.07) is 0. The smallest absolute Gasteiger partial charge is 0.0228 e. The second-order valence-electron chi connectivity index (χ2n) is 5.42. The molecule has 2 aliphatic carbocycles. The van der Waals surface area contributed by atoms with E-state index in [9.17, 15) is 0 Å². The lowest BCUT2D eigenvalue weighted by Crippen LogP contribution is -2.20. The van der Waals surface area contributed by atoms with Gasteiger partial charge in [-0.1, -0.05) is 32.9 Å². The van der Waals surface area contributed by atoms with Crippen LogP contribution in [-0.4, -0.2) is 0 Å². The van der Waals surface area contributed by atoms with Gasteiger partial charge >= 0.3 is 0 Å². The quantitative estimate of drug-likeness (QED) is 0.563. The minimum Gasteiger partial charge on any atom is -0.0880 e. The zero-order chi connectivity index (χ0) is 9.42. The minimum atomic E-state index is 0.865. The van der Waals surface area contributed by atoms with Crippen LogP contribution in [0.5, 0.6) is 0 Å². The molecule has 0 aromatic rings. The van der Waals surface area contributed by atoms with Gasteiger partial charge in [-0.25, -0.2) is 0 Å². The number of allylic oxidation sites excluding steroid dienone is 2. The standard InChI is InChI=1S/C13H22/c1-9(2)10(3)13-8-11-5-4-6-12(13)7-11/h4-5,9-13H,6-8H2,1-3H3/t10-,11?,12-,13?/m1/s1. The SMILES string of the molecule is CC(C)[C@@H](C)C1CC2C=CC[C@@H]1C2. The predicted octanol–water partition coefficient (Wildman–Crippen LogP) is 3.88. The summed E-state index contributed by atoms with van der Waals surface area (Å²) in [5.74, 6) is 4.76. The van der Waals surface area contributed by atoms with Crippen LogP contribution in [0.2, 0.25) is 0 Å². The molecule has 0 nitrogen and oxygen atoms in total. The molecule has 13 heavy (non-hydrogen) atoms. The van der Waals surface area contributed by atoms with E-state index in [0.717, 1.165) is 29.6 Å². The van der Waals surface area contributed by atoms with Crippen LogP contribution >= 0.6 is 0 Å². The minimum absolute atomic E-state index is 0.865. The maximum Gasteiger partial charge on any atom is -0.0228 e. The summed E-state index contributed by atoms with van der Waals surface area (Å²) in [7, 11) is 0. The van der Waals surface area contributed by atoms with Crippen molar-refractivity contribution in [2.24, 2.45) is 29.6 Å². The van der Waals surface area contributed by atoms with Gasteiger partial charge < -0.3 is 0 Å². The van der Waals surface area contributed by atoms with Crippen LogP contribution in [0.25, 0.3) is 0 Å². The van der Waals surface area contributed by atoms with E-state index in [1.807, 2.05) is 0 Å². The summed E-state index contributed by atoms with van der Waals surface area (Å²) in [6.45, 7) is 7.21. The van der Waals surface area contributed by atoms with Crippen molar-refractivity contribution >= 4 is 0 Å². The van der Waals surface area contributed by atoms with E-state index in [4.69, 9.17) is 0 Å². The molecule has 1 fully saturated rings. The Balaban J connectivity index is 2.03. The molecule has 0 aromatic heterocycles. The van der Waals surface area contributed by atoms with Crippen molar-refractivity contribution in [1.82, 2.24) is 0 Å². The van der Waals surface area contributed by atoms with Crippen LogP contribution in [0, 0.1) is 29.6 Å². The Morgan fingerprint density at radius 2 is 1.92 bits per heavy atom. The van der Waals surface area contributed by atoms with Crippen LogP contribution in [0.15, 0.2) is 12.2 Å². The van der Waals surface area contributed by atoms with Gasteiger partial charge in [0, 0.05) is 0 Å². The Hall–Kier alpha value is -0.260. The number of fused-ring (bicyclic) bond motifs is 2. The van der Waals surface area contributed by atoms with E-state index in [0.29, 0.717) is 0 Å². The lowest BCUT2D eigenvalue weighted by Gasteiger charge is -2.27. The highest BCUT2D eigenvalue weighted by Gasteiger charge is 2.37. The van der Waals surface area contributed by atoms with E-state index in [1.165, 1.54) is 19.3 Å². The summed E-state index contributed by atoms with van der Waals surface area (Å²) in [5.41, 5.74) is 0. The highest BCUT2D eigenvalue weighted by Crippen LogP contribution is 2.47. The first-order valence-corrected chi connectivity index (χ1v) is 5.85. The molecule has 1 saturated carbocycles. The molecule has 0 amide bonds. The molecule has 0 aliphatic heterocycles. The van der Waals surface area contributed by atoms with E-state index in [1.54, 1.807) is 0 Å². The summed E-state index contributed by atoms with van der Waals surface area (Å²) < 4.78 is 0. The fraction of sp³-hybridized carbons (Fsp3) is 0.846. The number of rotatable bonds is 2. The van der Waals surface area contributed by atoms with Gasteiger partial charge in [0.2, 0.25) is 0 Å². The summed E-state index contributed by atoms with van der Waals surface area (Å²) in [4.78, 5) is 0. The molecule has 2 rings (SSSR count). The van der Waals surface area contributed by atoms with Crippen molar-refractivity contribution in [1.29, 1.82) is 0 Å². The Labute approximate surface area is 82.4 Å². The van der Waals surface area contributed by atoms with Crippen molar-refractivity contribution in [3.05, 3.63) is 12.2 Å². The molecule has 2 unspecified atom stereocenters. The molecule has 4 atom stereocenters. The Morgan fingerprint density at radius 3 is 2.54 bits per heavy atom. The average molecular weight is 178 g/mol. The average Bonchev–Trinajstić information content (AvgIpc) is 2.40. The van der Waals surface area contributed by atoms with Crippen LogP contribution in [0.1, 0.15) is 40.0 Å². The van der Waals surface area contributed by atoms with Gasteiger partial charge in [0.15, 0.2) is 0 Å². The van der Waals surface area contributed by atoms with E-state index >= 15 is 0 Å². The maximum absolute atomic E-state index is 2.46. The molecule has 0 heteroatoms. The van der Waals surface area contributed by atoms with Gasteiger partial charge in [0.1, 0.15) is 0 Å². The van der Waals surface area contributed by atoms with Crippen molar-refractivity contribution < 1.29 is 0 Å². The first kappa shape index (κ1) is 9.30. The van der Waals surface area contributed by atoms with Crippen LogP contribution in [-0.2, 0) is 0 Å². The Morgan fingerprint density at radius 1 is 1.15 bits per heavy atom. The molecule has 0 radical (unpaired) electrons. The molecular weight excluding hydrogens is 156 g/mol. The van der Waals surface area contributed by atoms with E-state index in [-0.39, 0.29) is 0 Å². The summed E-state index contributed by atoms with van der Waals surface area (Å²) in [6.07, 6.45) is 9.20. The molecule has 2 aliphatic rings. The Kier molecular flexibility index (Phi) is 2.49. The fourth-order valence-corrected chi connectivity index (χ4v) is 3.21. The first-order chi connectivity index (χ1) is 6.18. The number of hydrogen-bond acceptors (Lipinski definition) is 0. The first-order valence-electron chi connectivity index (χ1n) is 5.85. The molecule has 0 spiro atoms. The van der Waals surface area contributed by atoms with Crippen molar-refractivity contribution in [3.8, 4) is 0 Å². The van der Waals surface area contributed by atoms with Crippen LogP contribution in [0.3, 0.4) is 0 Å². The van der Waals surface area contributed by atoms with Gasteiger partial charge in [-0.2, -0.15) is 0 Å². The van der Waals surface area contributed by atoms with Crippen molar-refractivity contribution in [2.75, 3.05) is 0 Å². The highest BCUT2D eigenvalue weighted by atomic mass is 14.4. The third kappa shape index (κ3) is 1.68. The molecule has 0 aromatic carbocycles. The van der Waals surface area contributed by atoms with Gasteiger partial charge in [-0.15, -0.1) is 0 Å². The van der Waals surface area contributed by atoms with Crippen LogP contribution in [0.4, 0.5) is 0 Å². The molecule has 0 saturated heterocycles. The summed E-state index contributed by atoms with van der Waals surface area (Å²) in [5, 5.41) is 0. The van der Waals surface area contributed by atoms with Gasteiger partial charge in [0.25, 0.3) is 0 Å². The molecular formula is C13H22. The predicted molar refractivity (Wildman–Crippen MR) is 57.5 cm³/mol. The molecule has 0 N–H and O–H groups in total. The van der Waals surface area contributed by atoms with Gasteiger partial charge in [-0.05, 0) is 48.9 Å². The second-order valence-corrected chi connectivity index (χ2v) is 5.42. The zero-order valence-corrected chi connectivity index (χ0v) is 9.16. The normalized spacial score (nSPS) is 39.8. The fourth-order valence-electron chi connectivity index (χ4n) is 3.21. The largest absolute Gasteiger partial charge is 0.0880 e. The van der Waals surface area contributed by atoms with Crippen molar-refractivity contribution in [3.63, 3.8) is 0 Å². The zero-order valence-electron chi connectivity index (χ0n) is 9.16. The monoisotopic (exact) mass is 178 g/mol. The lowest BCUT2D eigenvalue weighted by atomic mass is 9.78. The third-order valence-electron chi connectivity index (χ3n) is 4.36. The van der Waals surface area contributed by atoms with Gasteiger partial charge in [0.05, 0.1) is 0 Å². The van der Waals surface area contributed by atoms with Crippen LogP contribution < -0.4 is 0 Å². The van der Waals surface area contributed by atoms with Gasteiger partial charge in [-0.3, -0.25) is 0 Å². The van der Waals surface area contributed by atoms with Crippen molar-refractivity contribution in [2.45, 2.75) is 40.0 Å². The Bertz CT molecular complexity index is 202. The van der Waals surface area contributed by atoms with E-state index in [2.05, 4.69) is 32.9 Å². The third-order valence-corrected chi connectivity index (χ3v) is 4.36. The lowest BCUT2D eigenvalue weighted by molar-refractivity contribution is 0.223. The maximum atomic E-state index is 2.46.